The van der Waals surface area contributed by atoms with Gasteiger partial charge in [-0.15, -0.1) is 5.10 Å². The summed E-state index contributed by atoms with van der Waals surface area (Å²) in [6.45, 7) is 0. The summed E-state index contributed by atoms with van der Waals surface area (Å²) in [4.78, 5) is 12.0. The number of benzene rings is 1. The largest absolute Gasteiger partial charge is 0.321 e. The molecule has 0 radical (unpaired) electrons. The highest BCUT2D eigenvalue weighted by atomic mass is 19.1. The number of aromatic nitrogens is 3. The van der Waals surface area contributed by atoms with Crippen molar-refractivity contribution in [3.05, 3.63) is 60.2 Å². The summed E-state index contributed by atoms with van der Waals surface area (Å²) in [5.41, 5.74) is 1.49. The Hall–Kier alpha value is -2.76. The Morgan fingerprint density at radius 1 is 1.21 bits per heavy atom. The smallest absolute Gasteiger partial charge is 0.276 e. The van der Waals surface area contributed by atoms with E-state index < -0.39 is 0 Å². The SMILES string of the molecule is O=C(Nc1ccc(F)cc1)c1cc2cccnn2n1. The number of anilines is 1. The number of nitrogens with zero attached hydrogens (tertiary/aromatic N) is 3. The molecule has 2 heterocycles. The van der Waals surface area contributed by atoms with Crippen molar-refractivity contribution in [3.8, 4) is 0 Å². The zero-order valence-electron chi connectivity index (χ0n) is 9.75. The van der Waals surface area contributed by atoms with E-state index in [-0.39, 0.29) is 17.4 Å². The summed E-state index contributed by atoms with van der Waals surface area (Å²) in [7, 11) is 0. The number of amides is 1. The Morgan fingerprint density at radius 2 is 2.00 bits per heavy atom. The van der Waals surface area contributed by atoms with Crippen LogP contribution in [0.15, 0.2) is 48.7 Å². The number of carbonyl (C=O) groups is 1. The van der Waals surface area contributed by atoms with Crippen LogP contribution in [0.3, 0.4) is 0 Å². The summed E-state index contributed by atoms with van der Waals surface area (Å²) >= 11 is 0. The molecule has 0 spiro atoms. The molecule has 0 unspecified atom stereocenters. The van der Waals surface area contributed by atoms with Gasteiger partial charge in [0.25, 0.3) is 5.91 Å². The summed E-state index contributed by atoms with van der Waals surface area (Å²) in [5.74, 6) is -0.716. The molecule has 3 rings (SSSR count). The van der Waals surface area contributed by atoms with E-state index in [0.717, 1.165) is 5.52 Å². The number of halogens is 1. The van der Waals surface area contributed by atoms with Gasteiger partial charge >= 0.3 is 0 Å². The summed E-state index contributed by atoms with van der Waals surface area (Å²) in [5, 5.41) is 10.7. The van der Waals surface area contributed by atoms with Crippen LogP contribution in [0.1, 0.15) is 10.5 Å². The number of hydrogen-bond donors (Lipinski definition) is 1. The van der Waals surface area contributed by atoms with Crippen molar-refractivity contribution in [2.24, 2.45) is 0 Å². The van der Waals surface area contributed by atoms with E-state index in [1.54, 1.807) is 24.4 Å². The molecule has 0 aliphatic carbocycles. The molecule has 5 nitrogen and oxygen atoms in total. The molecule has 3 aromatic rings. The molecule has 1 amide bonds. The van der Waals surface area contributed by atoms with Gasteiger partial charge in [-0.3, -0.25) is 4.79 Å². The number of rotatable bonds is 2. The maximum Gasteiger partial charge on any atom is 0.276 e. The Bertz CT molecular complexity index is 703. The zero-order chi connectivity index (χ0) is 13.2. The van der Waals surface area contributed by atoms with Crippen molar-refractivity contribution in [1.29, 1.82) is 0 Å². The Balaban J connectivity index is 1.85. The van der Waals surface area contributed by atoms with Crippen LogP contribution in [0.5, 0.6) is 0 Å². The standard InChI is InChI=1S/C13H9FN4O/c14-9-3-5-10(6-4-9)16-13(19)12-8-11-2-1-7-15-18(11)17-12/h1-8H,(H,16,19). The van der Waals surface area contributed by atoms with E-state index >= 15 is 0 Å². The Labute approximate surface area is 107 Å². The lowest BCUT2D eigenvalue weighted by Crippen LogP contribution is -2.12. The minimum atomic E-state index is -0.364. The number of carbonyl (C=O) groups excluding carboxylic acids is 1. The average Bonchev–Trinajstić information content (AvgIpc) is 2.85. The molecule has 2 aromatic heterocycles. The minimum absolute atomic E-state index is 0.253. The maximum absolute atomic E-state index is 12.7. The van der Waals surface area contributed by atoms with Gasteiger partial charge in [-0.2, -0.15) is 9.73 Å². The molecule has 0 aliphatic heterocycles. The summed E-state index contributed by atoms with van der Waals surface area (Å²) in [6, 6.07) is 10.7. The third kappa shape index (κ3) is 2.28. The van der Waals surface area contributed by atoms with Gasteiger partial charge in [0.1, 0.15) is 5.82 Å². The van der Waals surface area contributed by atoms with Crippen LogP contribution in [0.25, 0.3) is 5.52 Å². The van der Waals surface area contributed by atoms with Gasteiger partial charge in [-0.25, -0.2) is 4.39 Å². The van der Waals surface area contributed by atoms with Crippen molar-refractivity contribution >= 4 is 17.1 Å². The van der Waals surface area contributed by atoms with Crippen LogP contribution in [0.2, 0.25) is 0 Å². The fourth-order valence-corrected chi connectivity index (χ4v) is 1.68. The van der Waals surface area contributed by atoms with Gasteiger partial charge in [0.15, 0.2) is 5.69 Å². The highest BCUT2D eigenvalue weighted by Crippen LogP contribution is 2.11. The number of hydrogen-bond acceptors (Lipinski definition) is 3. The van der Waals surface area contributed by atoms with Crippen molar-refractivity contribution in [1.82, 2.24) is 14.8 Å². The molecular weight excluding hydrogens is 247 g/mol. The monoisotopic (exact) mass is 256 g/mol. The van der Waals surface area contributed by atoms with Crippen LogP contribution in [0.4, 0.5) is 10.1 Å². The highest BCUT2D eigenvalue weighted by molar-refractivity contribution is 6.03. The van der Waals surface area contributed by atoms with E-state index in [9.17, 15) is 9.18 Å². The van der Waals surface area contributed by atoms with Gasteiger partial charge in [0.05, 0.1) is 5.52 Å². The van der Waals surface area contributed by atoms with Crippen LogP contribution < -0.4 is 5.32 Å². The summed E-state index contributed by atoms with van der Waals surface area (Å²) < 4.78 is 14.1. The molecule has 0 aliphatic rings. The van der Waals surface area contributed by atoms with E-state index in [2.05, 4.69) is 15.5 Å². The molecular formula is C13H9FN4O. The maximum atomic E-state index is 12.7. The normalized spacial score (nSPS) is 10.6. The minimum Gasteiger partial charge on any atom is -0.321 e. The van der Waals surface area contributed by atoms with Crippen LogP contribution >= 0.6 is 0 Å². The molecule has 19 heavy (non-hydrogen) atoms. The van der Waals surface area contributed by atoms with Crippen molar-refractivity contribution in [3.63, 3.8) is 0 Å². The third-order valence-corrected chi connectivity index (χ3v) is 2.58. The molecule has 0 saturated carbocycles. The molecule has 94 valence electrons. The number of nitrogens with one attached hydrogen (secondary N) is 1. The molecule has 0 fully saturated rings. The second kappa shape index (κ2) is 4.49. The van der Waals surface area contributed by atoms with E-state index in [1.807, 2.05) is 0 Å². The van der Waals surface area contributed by atoms with Gasteiger partial charge in [-0.05, 0) is 42.5 Å². The quantitative estimate of drug-likeness (QED) is 0.764. The lowest BCUT2D eigenvalue weighted by atomic mass is 10.3. The van der Waals surface area contributed by atoms with Crippen molar-refractivity contribution in [2.45, 2.75) is 0 Å². The van der Waals surface area contributed by atoms with E-state index in [1.165, 1.54) is 28.9 Å². The molecule has 0 saturated heterocycles. The first kappa shape index (κ1) is 11.3. The summed E-state index contributed by atoms with van der Waals surface area (Å²) in [6.07, 6.45) is 1.58. The molecule has 6 heteroatoms. The Morgan fingerprint density at radius 3 is 2.74 bits per heavy atom. The number of fused-ring (bicyclic) bond motifs is 1. The fraction of sp³-hybridized carbons (Fsp3) is 0. The predicted molar refractivity (Wildman–Crippen MR) is 67.3 cm³/mol. The van der Waals surface area contributed by atoms with Gasteiger partial charge in [0, 0.05) is 11.9 Å². The first-order valence-electron chi connectivity index (χ1n) is 5.60. The first-order chi connectivity index (χ1) is 9.22. The van der Waals surface area contributed by atoms with Crippen LogP contribution in [-0.4, -0.2) is 20.7 Å². The van der Waals surface area contributed by atoms with E-state index in [0.29, 0.717) is 5.69 Å². The van der Waals surface area contributed by atoms with Crippen molar-refractivity contribution in [2.75, 3.05) is 5.32 Å². The van der Waals surface area contributed by atoms with Gasteiger partial charge in [0.2, 0.25) is 0 Å². The fourth-order valence-electron chi connectivity index (χ4n) is 1.68. The van der Waals surface area contributed by atoms with Gasteiger partial charge < -0.3 is 5.32 Å². The molecule has 1 aromatic carbocycles. The topological polar surface area (TPSA) is 59.3 Å². The third-order valence-electron chi connectivity index (χ3n) is 2.58. The second-order valence-corrected chi connectivity index (χ2v) is 3.93. The highest BCUT2D eigenvalue weighted by Gasteiger charge is 2.11. The van der Waals surface area contributed by atoms with Gasteiger partial charge in [-0.1, -0.05) is 0 Å². The lowest BCUT2D eigenvalue weighted by molar-refractivity contribution is 0.102. The predicted octanol–water partition coefficient (Wildman–Crippen LogP) is 2.12. The molecule has 1 N–H and O–H groups in total. The zero-order valence-corrected chi connectivity index (χ0v) is 9.75. The first-order valence-corrected chi connectivity index (χ1v) is 5.60. The second-order valence-electron chi connectivity index (χ2n) is 3.93. The average molecular weight is 256 g/mol. The van der Waals surface area contributed by atoms with Crippen molar-refractivity contribution < 1.29 is 9.18 Å². The van der Waals surface area contributed by atoms with Crippen LogP contribution in [0, 0.1) is 5.82 Å². The molecule has 0 atom stereocenters. The Kier molecular flexibility index (Phi) is 2.68. The van der Waals surface area contributed by atoms with E-state index in [4.69, 9.17) is 0 Å². The molecule has 0 bridgehead atoms. The van der Waals surface area contributed by atoms with Crippen LogP contribution in [-0.2, 0) is 0 Å². The lowest BCUT2D eigenvalue weighted by Gasteiger charge is -2.01.